The number of fused-ring (bicyclic) bond motifs is 1. The molecule has 2 nitrogen and oxygen atoms in total. The monoisotopic (exact) mass is 392 g/mol. The molecular weight excluding hydrogens is 352 g/mol. The Hall–Kier alpha value is -1.02. The van der Waals surface area contributed by atoms with Gasteiger partial charge in [0.05, 0.1) is 13.6 Å². The topological polar surface area (TPSA) is 8.81 Å². The minimum Gasteiger partial charge on any atom is -1.00 e. The van der Waals surface area contributed by atoms with Gasteiger partial charge >= 0.3 is 0 Å². The lowest BCUT2D eigenvalue weighted by atomic mass is 10.0. The molecule has 154 valence electrons. The molecule has 1 aromatic carbocycles. The van der Waals surface area contributed by atoms with Gasteiger partial charge in [-0.2, -0.15) is 0 Å². The number of hydrogen-bond acceptors (Lipinski definition) is 0. The van der Waals surface area contributed by atoms with E-state index in [1.54, 1.807) is 0 Å². The lowest BCUT2D eigenvalue weighted by Gasteiger charge is -2.03. The fraction of sp³-hybridized carbons (Fsp3) is 0.708. The lowest BCUT2D eigenvalue weighted by Crippen LogP contribution is -3.00. The standard InChI is InChI=1S/C24H41N2.ClH/c1-3-4-5-6-7-8-9-10-11-12-13-14-15-18-21-26-22-25(2)23-19-16-17-20-24(23)26;/h16-17,19-20,22H,3-15,18,21H2,1-2H3;1H/q+1;/p-1. The maximum atomic E-state index is 2.41. The van der Waals surface area contributed by atoms with Crippen molar-refractivity contribution in [2.24, 2.45) is 7.05 Å². The van der Waals surface area contributed by atoms with Crippen LogP contribution in [-0.2, 0) is 13.6 Å². The van der Waals surface area contributed by atoms with E-state index in [1.807, 2.05) is 0 Å². The summed E-state index contributed by atoms with van der Waals surface area (Å²) in [6.45, 7) is 3.45. The maximum absolute atomic E-state index is 2.41. The highest BCUT2D eigenvalue weighted by Crippen LogP contribution is 2.14. The number of halogens is 1. The molecule has 3 heteroatoms. The first-order chi connectivity index (χ1) is 12.8. The van der Waals surface area contributed by atoms with E-state index in [9.17, 15) is 0 Å². The number of rotatable bonds is 15. The molecule has 2 rings (SSSR count). The predicted octanol–water partition coefficient (Wildman–Crippen LogP) is 3.95. The first-order valence-corrected chi connectivity index (χ1v) is 11.3. The maximum Gasteiger partial charge on any atom is 0.244 e. The van der Waals surface area contributed by atoms with E-state index >= 15 is 0 Å². The Balaban J connectivity index is 0.00000364. The zero-order chi connectivity index (χ0) is 18.5. The first kappa shape index (κ1) is 24.0. The summed E-state index contributed by atoms with van der Waals surface area (Å²) in [5.41, 5.74) is 2.70. The fourth-order valence-electron chi connectivity index (χ4n) is 3.99. The van der Waals surface area contributed by atoms with E-state index in [4.69, 9.17) is 0 Å². The first-order valence-electron chi connectivity index (χ1n) is 11.3. The van der Waals surface area contributed by atoms with Crippen molar-refractivity contribution in [1.82, 2.24) is 4.57 Å². The van der Waals surface area contributed by atoms with Gasteiger partial charge in [0.1, 0.15) is 0 Å². The molecule has 27 heavy (non-hydrogen) atoms. The molecule has 1 heterocycles. The Morgan fingerprint density at radius 1 is 0.704 bits per heavy atom. The van der Waals surface area contributed by atoms with Crippen LogP contribution in [0.3, 0.4) is 0 Å². The number of benzene rings is 1. The number of hydrogen-bond donors (Lipinski definition) is 0. The molecule has 0 fully saturated rings. The summed E-state index contributed by atoms with van der Waals surface area (Å²) in [6.07, 6.45) is 22.2. The third kappa shape index (κ3) is 9.14. The third-order valence-electron chi connectivity index (χ3n) is 5.64. The van der Waals surface area contributed by atoms with E-state index in [-0.39, 0.29) is 12.4 Å². The van der Waals surface area contributed by atoms with Gasteiger partial charge in [0.2, 0.25) is 6.33 Å². The summed E-state index contributed by atoms with van der Waals surface area (Å²) in [5.74, 6) is 0. The van der Waals surface area contributed by atoms with Crippen molar-refractivity contribution in [1.29, 1.82) is 0 Å². The van der Waals surface area contributed by atoms with Gasteiger partial charge < -0.3 is 12.4 Å². The van der Waals surface area contributed by atoms with Crippen LogP contribution in [0, 0.1) is 0 Å². The zero-order valence-electron chi connectivity index (χ0n) is 17.8. The molecule has 0 N–H and O–H groups in total. The Morgan fingerprint density at radius 2 is 1.19 bits per heavy atom. The van der Waals surface area contributed by atoms with Gasteiger partial charge in [-0.05, 0) is 25.0 Å². The molecule has 0 saturated heterocycles. The van der Waals surface area contributed by atoms with Crippen molar-refractivity contribution in [3.05, 3.63) is 30.6 Å². The van der Waals surface area contributed by atoms with Crippen LogP contribution < -0.4 is 17.0 Å². The Bertz CT molecular complexity index is 605. The highest BCUT2D eigenvalue weighted by molar-refractivity contribution is 5.71. The molecule has 0 aliphatic rings. The molecule has 0 spiro atoms. The summed E-state index contributed by atoms with van der Waals surface area (Å²) in [4.78, 5) is 0. The van der Waals surface area contributed by atoms with E-state index in [0.29, 0.717) is 0 Å². The Morgan fingerprint density at radius 3 is 1.74 bits per heavy atom. The molecule has 0 aliphatic heterocycles. The smallest absolute Gasteiger partial charge is 0.244 e. The van der Waals surface area contributed by atoms with Crippen molar-refractivity contribution >= 4 is 11.0 Å². The Kier molecular flexibility index (Phi) is 13.3. The van der Waals surface area contributed by atoms with Crippen LogP contribution in [0.25, 0.3) is 11.0 Å². The number of unbranched alkanes of at least 4 members (excludes halogenated alkanes) is 13. The molecule has 0 radical (unpaired) electrons. The summed E-state index contributed by atoms with van der Waals surface area (Å²) in [5, 5.41) is 0. The van der Waals surface area contributed by atoms with Crippen molar-refractivity contribution in [2.45, 2.75) is 103 Å². The van der Waals surface area contributed by atoms with E-state index in [0.717, 1.165) is 6.54 Å². The molecule has 1 aromatic heterocycles. The van der Waals surface area contributed by atoms with Gasteiger partial charge in [0.25, 0.3) is 0 Å². The minimum absolute atomic E-state index is 0. The van der Waals surface area contributed by atoms with Crippen LogP contribution >= 0.6 is 0 Å². The summed E-state index contributed by atoms with van der Waals surface area (Å²) >= 11 is 0. The van der Waals surface area contributed by atoms with Crippen molar-refractivity contribution in [2.75, 3.05) is 0 Å². The van der Waals surface area contributed by atoms with Crippen LogP contribution in [0.5, 0.6) is 0 Å². The number of aryl methyl sites for hydroxylation is 2. The van der Waals surface area contributed by atoms with Crippen molar-refractivity contribution in [3.8, 4) is 0 Å². The quantitative estimate of drug-likeness (QED) is 0.320. The molecular formula is C24H41ClN2. The van der Waals surface area contributed by atoms with Crippen LogP contribution in [0.2, 0.25) is 0 Å². The summed E-state index contributed by atoms with van der Waals surface area (Å²) < 4.78 is 4.65. The van der Waals surface area contributed by atoms with E-state index in [1.165, 1.54) is 101 Å². The minimum atomic E-state index is 0. The highest BCUT2D eigenvalue weighted by Gasteiger charge is 2.11. The second-order valence-electron chi connectivity index (χ2n) is 8.00. The SMILES string of the molecule is CCCCCCCCCCCCCCCCn1c[n+](C)c2ccccc21.[Cl-]. The lowest BCUT2D eigenvalue weighted by molar-refractivity contribution is -0.645. The van der Waals surface area contributed by atoms with Gasteiger partial charge in [-0.25, -0.2) is 9.13 Å². The molecule has 0 unspecified atom stereocenters. The third-order valence-corrected chi connectivity index (χ3v) is 5.64. The molecule has 0 aliphatic carbocycles. The van der Waals surface area contributed by atoms with Crippen LogP contribution in [0.4, 0.5) is 0 Å². The Labute approximate surface area is 173 Å². The largest absolute Gasteiger partial charge is 1.00 e. The van der Waals surface area contributed by atoms with Crippen molar-refractivity contribution in [3.63, 3.8) is 0 Å². The van der Waals surface area contributed by atoms with E-state index < -0.39 is 0 Å². The normalized spacial score (nSPS) is 11.0. The van der Waals surface area contributed by atoms with E-state index in [2.05, 4.69) is 53.7 Å². The molecule has 0 atom stereocenters. The fourth-order valence-corrected chi connectivity index (χ4v) is 3.99. The zero-order valence-corrected chi connectivity index (χ0v) is 18.5. The van der Waals surface area contributed by atoms with Crippen LogP contribution in [-0.4, -0.2) is 4.57 Å². The number of para-hydroxylation sites is 2. The molecule has 2 aromatic rings. The second-order valence-corrected chi connectivity index (χ2v) is 8.00. The number of nitrogens with zero attached hydrogens (tertiary/aromatic N) is 2. The summed E-state index contributed by atoms with van der Waals surface area (Å²) in [7, 11) is 2.14. The molecule has 0 amide bonds. The average Bonchev–Trinajstić information content (AvgIpc) is 2.98. The predicted molar refractivity (Wildman–Crippen MR) is 113 cm³/mol. The second kappa shape index (κ2) is 15.0. The van der Waals surface area contributed by atoms with Gasteiger partial charge in [-0.15, -0.1) is 0 Å². The number of aromatic nitrogens is 2. The number of imidazole rings is 1. The molecule has 0 saturated carbocycles. The van der Waals surface area contributed by atoms with Crippen LogP contribution in [0.15, 0.2) is 30.6 Å². The highest BCUT2D eigenvalue weighted by atomic mass is 35.5. The van der Waals surface area contributed by atoms with Gasteiger partial charge in [0.15, 0.2) is 11.0 Å². The van der Waals surface area contributed by atoms with Gasteiger partial charge in [0, 0.05) is 0 Å². The summed E-state index contributed by atoms with van der Waals surface area (Å²) in [6, 6.07) is 8.71. The van der Waals surface area contributed by atoms with Gasteiger partial charge in [-0.1, -0.05) is 96.1 Å². The average molecular weight is 393 g/mol. The molecule has 0 bridgehead atoms. The van der Waals surface area contributed by atoms with Crippen LogP contribution in [0.1, 0.15) is 96.8 Å². The van der Waals surface area contributed by atoms with Gasteiger partial charge in [-0.3, -0.25) is 0 Å². The van der Waals surface area contributed by atoms with Crippen molar-refractivity contribution < 1.29 is 17.0 Å².